The van der Waals surface area contributed by atoms with Crippen molar-refractivity contribution in [3.63, 3.8) is 0 Å². The summed E-state index contributed by atoms with van der Waals surface area (Å²) < 4.78 is 15.6. The van der Waals surface area contributed by atoms with Crippen LogP contribution < -0.4 is 10.2 Å². The van der Waals surface area contributed by atoms with Crippen molar-refractivity contribution >= 4 is 35.0 Å². The van der Waals surface area contributed by atoms with E-state index in [1.54, 1.807) is 23.9 Å². The minimum Gasteiger partial charge on any atom is -0.325 e. The third-order valence-electron chi connectivity index (χ3n) is 5.38. The fraction of sp³-hybridized carbons (Fsp3) is 0.227. The summed E-state index contributed by atoms with van der Waals surface area (Å²) in [5.74, 6) is -0.297. The van der Waals surface area contributed by atoms with Crippen molar-refractivity contribution in [3.8, 4) is 11.3 Å². The van der Waals surface area contributed by atoms with Crippen molar-refractivity contribution in [2.24, 2.45) is 5.92 Å². The maximum atomic E-state index is 13.5. The van der Waals surface area contributed by atoms with Crippen LogP contribution in [-0.2, 0) is 16.1 Å². The van der Waals surface area contributed by atoms with E-state index in [-0.39, 0.29) is 24.8 Å². The van der Waals surface area contributed by atoms with Gasteiger partial charge in [-0.3, -0.25) is 9.59 Å². The lowest BCUT2D eigenvalue weighted by molar-refractivity contribution is -0.122. The first kappa shape index (κ1) is 18.9. The van der Waals surface area contributed by atoms with Gasteiger partial charge in [-0.15, -0.1) is 0 Å². The number of nitrogens with zero attached hydrogens (tertiary/aromatic N) is 3. The number of rotatable bonds is 4. The standard InChI is InChI=1S/C22H19FN4O2S/c23-15-4-3-5-16(11-15)27-12-14(10-20(27)28)21(29)24-18-7-2-1-6-17(18)19-13-26-8-9-30-22(26)25-19/h1-7,11,13-14H,8-10,12H2,(H,24,29). The molecule has 0 bridgehead atoms. The molecule has 2 aromatic carbocycles. The number of aromatic nitrogens is 2. The number of halogens is 1. The second kappa shape index (κ2) is 7.60. The van der Waals surface area contributed by atoms with Gasteiger partial charge in [0.15, 0.2) is 5.16 Å². The number of anilines is 2. The Morgan fingerprint density at radius 2 is 2.07 bits per heavy atom. The number of nitrogens with one attached hydrogen (secondary N) is 1. The van der Waals surface area contributed by atoms with Gasteiger partial charge in [0.05, 0.1) is 17.3 Å². The number of amides is 2. The summed E-state index contributed by atoms with van der Waals surface area (Å²) in [5, 5.41) is 3.96. The Labute approximate surface area is 177 Å². The topological polar surface area (TPSA) is 67.2 Å². The fourth-order valence-electron chi connectivity index (χ4n) is 3.87. The van der Waals surface area contributed by atoms with Crippen molar-refractivity contribution in [2.75, 3.05) is 22.5 Å². The maximum Gasteiger partial charge on any atom is 0.229 e. The van der Waals surface area contributed by atoms with Crippen LogP contribution in [0.3, 0.4) is 0 Å². The Hall–Kier alpha value is -3.13. The monoisotopic (exact) mass is 422 g/mol. The Morgan fingerprint density at radius 1 is 1.20 bits per heavy atom. The summed E-state index contributed by atoms with van der Waals surface area (Å²) >= 11 is 1.72. The summed E-state index contributed by atoms with van der Waals surface area (Å²) in [6, 6.07) is 13.4. The number of hydrogen-bond donors (Lipinski definition) is 1. The average molecular weight is 422 g/mol. The number of hydrogen-bond acceptors (Lipinski definition) is 4. The molecule has 5 rings (SSSR count). The van der Waals surface area contributed by atoms with Gasteiger partial charge in [0.25, 0.3) is 0 Å². The number of para-hydroxylation sites is 1. The predicted octanol–water partition coefficient (Wildman–Crippen LogP) is 3.79. The van der Waals surface area contributed by atoms with Gasteiger partial charge in [0, 0.05) is 42.7 Å². The third kappa shape index (κ3) is 3.47. The van der Waals surface area contributed by atoms with Crippen LogP contribution in [-0.4, -0.2) is 33.7 Å². The van der Waals surface area contributed by atoms with Gasteiger partial charge in [0.2, 0.25) is 11.8 Å². The Bertz CT molecular complexity index is 1120. The quantitative estimate of drug-likeness (QED) is 0.695. The van der Waals surface area contributed by atoms with Gasteiger partial charge in [-0.25, -0.2) is 9.37 Å². The van der Waals surface area contributed by atoms with Crippen molar-refractivity contribution in [3.05, 3.63) is 60.5 Å². The molecule has 0 saturated carbocycles. The molecule has 1 N–H and O–H groups in total. The zero-order chi connectivity index (χ0) is 20.7. The minimum atomic E-state index is -0.503. The van der Waals surface area contributed by atoms with Crippen molar-refractivity contribution < 1.29 is 14.0 Å². The molecule has 1 unspecified atom stereocenters. The number of imidazole rings is 1. The number of fused-ring (bicyclic) bond motifs is 1. The second-order valence-corrected chi connectivity index (χ2v) is 8.43. The van der Waals surface area contributed by atoms with E-state index in [0.717, 1.165) is 28.7 Å². The summed E-state index contributed by atoms with van der Waals surface area (Å²) in [6.07, 6.45) is 2.10. The van der Waals surface area contributed by atoms with Crippen LogP contribution in [0.15, 0.2) is 59.9 Å². The molecule has 6 nitrogen and oxygen atoms in total. The van der Waals surface area contributed by atoms with Crippen LogP contribution in [0.5, 0.6) is 0 Å². The highest BCUT2D eigenvalue weighted by molar-refractivity contribution is 7.99. The van der Waals surface area contributed by atoms with E-state index in [0.29, 0.717) is 11.4 Å². The molecule has 1 saturated heterocycles. The van der Waals surface area contributed by atoms with Crippen LogP contribution in [0.25, 0.3) is 11.3 Å². The summed E-state index contributed by atoms with van der Waals surface area (Å²) in [6.45, 7) is 1.16. The lowest BCUT2D eigenvalue weighted by Crippen LogP contribution is -2.28. The van der Waals surface area contributed by atoms with Gasteiger partial charge in [0.1, 0.15) is 5.82 Å². The molecule has 3 heterocycles. The molecule has 1 atom stereocenters. The maximum absolute atomic E-state index is 13.5. The van der Waals surface area contributed by atoms with Crippen molar-refractivity contribution in [1.82, 2.24) is 9.55 Å². The van der Waals surface area contributed by atoms with Crippen LogP contribution >= 0.6 is 11.8 Å². The van der Waals surface area contributed by atoms with E-state index in [1.165, 1.54) is 17.0 Å². The van der Waals surface area contributed by atoms with Crippen LogP contribution in [0.1, 0.15) is 6.42 Å². The van der Waals surface area contributed by atoms with Gasteiger partial charge >= 0.3 is 0 Å². The van der Waals surface area contributed by atoms with E-state index >= 15 is 0 Å². The Kier molecular flexibility index (Phi) is 4.78. The van der Waals surface area contributed by atoms with E-state index in [1.807, 2.05) is 30.5 Å². The van der Waals surface area contributed by atoms with Gasteiger partial charge in [-0.1, -0.05) is 36.0 Å². The van der Waals surface area contributed by atoms with Crippen molar-refractivity contribution in [2.45, 2.75) is 18.1 Å². The van der Waals surface area contributed by atoms with E-state index in [9.17, 15) is 14.0 Å². The van der Waals surface area contributed by atoms with E-state index < -0.39 is 11.7 Å². The molecular formula is C22H19FN4O2S. The number of carbonyl (C=O) groups is 2. The zero-order valence-electron chi connectivity index (χ0n) is 16.0. The smallest absolute Gasteiger partial charge is 0.229 e. The molecule has 0 radical (unpaired) electrons. The fourth-order valence-corrected chi connectivity index (χ4v) is 4.81. The van der Waals surface area contributed by atoms with E-state index in [2.05, 4.69) is 14.9 Å². The van der Waals surface area contributed by atoms with Crippen molar-refractivity contribution in [1.29, 1.82) is 0 Å². The minimum absolute atomic E-state index is 0.0972. The number of aryl methyl sites for hydroxylation is 1. The van der Waals surface area contributed by atoms with Crippen LogP contribution in [0.2, 0.25) is 0 Å². The molecule has 8 heteroatoms. The molecule has 2 aliphatic heterocycles. The molecule has 152 valence electrons. The molecule has 0 spiro atoms. The highest BCUT2D eigenvalue weighted by atomic mass is 32.2. The van der Waals surface area contributed by atoms with E-state index in [4.69, 9.17) is 0 Å². The summed E-state index contributed by atoms with van der Waals surface area (Å²) in [4.78, 5) is 31.5. The summed E-state index contributed by atoms with van der Waals surface area (Å²) in [5.41, 5.74) is 2.80. The van der Waals surface area contributed by atoms with Crippen LogP contribution in [0, 0.1) is 11.7 Å². The molecule has 3 aromatic rings. The zero-order valence-corrected chi connectivity index (χ0v) is 16.9. The lowest BCUT2D eigenvalue weighted by atomic mass is 10.1. The predicted molar refractivity (Wildman–Crippen MR) is 114 cm³/mol. The molecule has 30 heavy (non-hydrogen) atoms. The molecule has 1 fully saturated rings. The molecule has 2 aliphatic rings. The molecule has 2 amide bonds. The summed E-state index contributed by atoms with van der Waals surface area (Å²) in [7, 11) is 0. The Morgan fingerprint density at radius 3 is 2.90 bits per heavy atom. The SMILES string of the molecule is O=C(Nc1ccccc1-c1cn2c(n1)SCC2)C1CC(=O)N(c2cccc(F)c2)C1. The molecule has 1 aromatic heterocycles. The molecule has 0 aliphatic carbocycles. The third-order valence-corrected chi connectivity index (χ3v) is 6.35. The lowest BCUT2D eigenvalue weighted by Gasteiger charge is -2.17. The number of benzene rings is 2. The van der Waals surface area contributed by atoms with Gasteiger partial charge in [-0.05, 0) is 24.3 Å². The number of thioether (sulfide) groups is 1. The second-order valence-electron chi connectivity index (χ2n) is 7.37. The largest absolute Gasteiger partial charge is 0.325 e. The van der Waals surface area contributed by atoms with Crippen LogP contribution in [0.4, 0.5) is 15.8 Å². The number of carbonyl (C=O) groups excluding carboxylic acids is 2. The van der Waals surface area contributed by atoms with Gasteiger partial charge < -0.3 is 14.8 Å². The Balaban J connectivity index is 1.34. The first-order valence-corrected chi connectivity index (χ1v) is 10.7. The highest BCUT2D eigenvalue weighted by Gasteiger charge is 2.35. The first-order valence-electron chi connectivity index (χ1n) is 9.74. The first-order chi connectivity index (χ1) is 14.6. The van der Waals surface area contributed by atoms with Gasteiger partial charge in [-0.2, -0.15) is 0 Å². The molecular weight excluding hydrogens is 403 g/mol. The average Bonchev–Trinajstić information content (AvgIpc) is 3.43. The normalized spacial score (nSPS) is 18.0. The highest BCUT2D eigenvalue weighted by Crippen LogP contribution is 2.33.